The number of nitrogens with zero attached hydrogens (tertiary/aromatic N) is 1. The largest absolute Gasteiger partial charge is 0.506 e. The number of phenols is 1. The first kappa shape index (κ1) is 17.5. The van der Waals surface area contributed by atoms with Gasteiger partial charge in [-0.25, -0.2) is 0 Å². The van der Waals surface area contributed by atoms with E-state index in [0.29, 0.717) is 30.3 Å². The summed E-state index contributed by atoms with van der Waals surface area (Å²) >= 11 is 11.9. The van der Waals surface area contributed by atoms with Gasteiger partial charge in [-0.15, -0.1) is 0 Å². The van der Waals surface area contributed by atoms with Gasteiger partial charge in [-0.3, -0.25) is 4.90 Å². The summed E-state index contributed by atoms with van der Waals surface area (Å²) in [5, 5.41) is 10.8. The minimum absolute atomic E-state index is 0.0723. The van der Waals surface area contributed by atoms with Crippen LogP contribution in [0.1, 0.15) is 12.5 Å². The van der Waals surface area contributed by atoms with Crippen LogP contribution in [0.15, 0.2) is 12.1 Å². The van der Waals surface area contributed by atoms with E-state index in [0.717, 1.165) is 6.54 Å². The third-order valence-corrected chi connectivity index (χ3v) is 3.60. The van der Waals surface area contributed by atoms with Gasteiger partial charge in [0.15, 0.2) is 0 Å². The molecule has 0 saturated carbocycles. The highest BCUT2D eigenvalue weighted by molar-refractivity contribution is 6.35. The number of benzene rings is 1. The van der Waals surface area contributed by atoms with Crippen molar-refractivity contribution in [2.24, 2.45) is 0 Å². The summed E-state index contributed by atoms with van der Waals surface area (Å²) in [6.07, 6.45) is 0. The van der Waals surface area contributed by atoms with Crippen molar-refractivity contribution in [1.29, 1.82) is 0 Å². The van der Waals surface area contributed by atoms with Crippen molar-refractivity contribution >= 4 is 23.2 Å². The zero-order chi connectivity index (χ0) is 15.1. The zero-order valence-electron chi connectivity index (χ0n) is 12.0. The molecular weight excluding hydrogens is 301 g/mol. The summed E-state index contributed by atoms with van der Waals surface area (Å²) in [6, 6.07) is 3.44. The number of halogens is 2. The maximum Gasteiger partial charge on any atom is 0.138 e. The molecule has 114 valence electrons. The van der Waals surface area contributed by atoms with Crippen molar-refractivity contribution in [3.63, 3.8) is 0 Å². The number of hydrogen-bond donors (Lipinski definition) is 1. The lowest BCUT2D eigenvalue weighted by atomic mass is 10.1. The molecule has 1 unspecified atom stereocenters. The van der Waals surface area contributed by atoms with Gasteiger partial charge in [0.05, 0.1) is 18.2 Å². The van der Waals surface area contributed by atoms with Crippen LogP contribution in [0.25, 0.3) is 0 Å². The first-order valence-corrected chi connectivity index (χ1v) is 7.14. The van der Waals surface area contributed by atoms with E-state index in [9.17, 15) is 5.11 Å². The van der Waals surface area contributed by atoms with E-state index in [1.807, 2.05) is 0 Å². The van der Waals surface area contributed by atoms with E-state index in [-0.39, 0.29) is 16.8 Å². The maximum absolute atomic E-state index is 10.0. The van der Waals surface area contributed by atoms with Gasteiger partial charge in [-0.1, -0.05) is 23.2 Å². The molecule has 1 aromatic rings. The SMILES string of the molecule is COCCN(Cc1cc(Cl)cc(Cl)c1O)C(C)COC. The quantitative estimate of drug-likeness (QED) is 0.798. The number of rotatable bonds is 8. The van der Waals surface area contributed by atoms with Gasteiger partial charge in [0.25, 0.3) is 0 Å². The summed E-state index contributed by atoms with van der Waals surface area (Å²) in [5.41, 5.74) is 0.696. The van der Waals surface area contributed by atoms with Crippen molar-refractivity contribution in [2.75, 3.05) is 34.0 Å². The first-order valence-electron chi connectivity index (χ1n) is 6.38. The molecule has 1 atom stereocenters. The minimum atomic E-state index is 0.0723. The lowest BCUT2D eigenvalue weighted by Gasteiger charge is -2.28. The molecule has 1 aromatic carbocycles. The van der Waals surface area contributed by atoms with E-state index in [4.69, 9.17) is 32.7 Å². The molecule has 0 saturated heterocycles. The van der Waals surface area contributed by atoms with Crippen LogP contribution in [0.3, 0.4) is 0 Å². The van der Waals surface area contributed by atoms with Crippen LogP contribution in [-0.2, 0) is 16.0 Å². The van der Waals surface area contributed by atoms with Crippen LogP contribution in [0.5, 0.6) is 5.75 Å². The first-order chi connectivity index (χ1) is 9.49. The van der Waals surface area contributed by atoms with Crippen LogP contribution < -0.4 is 0 Å². The van der Waals surface area contributed by atoms with Gasteiger partial charge in [0.2, 0.25) is 0 Å². The average Bonchev–Trinajstić information content (AvgIpc) is 2.40. The van der Waals surface area contributed by atoms with Gasteiger partial charge in [-0.05, 0) is 19.1 Å². The van der Waals surface area contributed by atoms with Crippen LogP contribution in [0.2, 0.25) is 10.0 Å². The van der Waals surface area contributed by atoms with Crippen LogP contribution in [0, 0.1) is 0 Å². The third kappa shape index (κ3) is 5.11. The van der Waals surface area contributed by atoms with Crippen molar-refractivity contribution < 1.29 is 14.6 Å². The highest BCUT2D eigenvalue weighted by Gasteiger charge is 2.17. The summed E-state index contributed by atoms with van der Waals surface area (Å²) in [4.78, 5) is 2.15. The Morgan fingerprint density at radius 2 is 1.95 bits per heavy atom. The standard InChI is InChI=1S/C14H21Cl2NO3/c1-10(9-20-3)17(4-5-19-2)8-11-6-12(15)7-13(16)14(11)18/h6-7,10,18H,4-5,8-9H2,1-3H3. The summed E-state index contributed by atoms with van der Waals surface area (Å²) < 4.78 is 10.3. The van der Waals surface area contributed by atoms with E-state index in [1.165, 1.54) is 6.07 Å². The molecule has 20 heavy (non-hydrogen) atoms. The van der Waals surface area contributed by atoms with Crippen molar-refractivity contribution in [3.05, 3.63) is 27.7 Å². The zero-order valence-corrected chi connectivity index (χ0v) is 13.5. The Morgan fingerprint density at radius 1 is 1.25 bits per heavy atom. The lowest BCUT2D eigenvalue weighted by Crippen LogP contribution is -2.38. The molecule has 4 nitrogen and oxygen atoms in total. The van der Waals surface area contributed by atoms with Crippen molar-refractivity contribution in [2.45, 2.75) is 19.5 Å². The second-order valence-electron chi connectivity index (χ2n) is 4.66. The Bertz CT molecular complexity index is 429. The Kier molecular flexibility index (Phi) is 7.62. The molecule has 0 aromatic heterocycles. The molecule has 0 aliphatic rings. The van der Waals surface area contributed by atoms with Gasteiger partial charge in [-0.2, -0.15) is 0 Å². The molecule has 0 amide bonds. The molecule has 0 fully saturated rings. The van der Waals surface area contributed by atoms with Crippen molar-refractivity contribution in [3.8, 4) is 5.75 Å². The maximum atomic E-state index is 10.0. The Balaban J connectivity index is 2.88. The second kappa shape index (κ2) is 8.70. The monoisotopic (exact) mass is 321 g/mol. The van der Waals surface area contributed by atoms with Crippen molar-refractivity contribution in [1.82, 2.24) is 4.90 Å². The average molecular weight is 322 g/mol. The molecule has 0 spiro atoms. The van der Waals surface area contributed by atoms with Crippen LogP contribution in [0.4, 0.5) is 0 Å². The summed E-state index contributed by atoms with van der Waals surface area (Å²) in [7, 11) is 3.33. The van der Waals surface area contributed by atoms with E-state index >= 15 is 0 Å². The highest BCUT2D eigenvalue weighted by Crippen LogP contribution is 2.32. The predicted molar refractivity (Wildman–Crippen MR) is 81.8 cm³/mol. The van der Waals surface area contributed by atoms with Gasteiger partial charge in [0.1, 0.15) is 5.75 Å². The van der Waals surface area contributed by atoms with Crippen LogP contribution in [-0.4, -0.2) is 50.0 Å². The summed E-state index contributed by atoms with van der Waals surface area (Å²) in [5.74, 6) is 0.0723. The lowest BCUT2D eigenvalue weighted by molar-refractivity contribution is 0.0700. The highest BCUT2D eigenvalue weighted by atomic mass is 35.5. The predicted octanol–water partition coefficient (Wildman–Crippen LogP) is 3.18. The molecular formula is C14H21Cl2NO3. The molecule has 0 aliphatic carbocycles. The Hall–Kier alpha value is -0.520. The fourth-order valence-corrected chi connectivity index (χ4v) is 2.50. The normalized spacial score (nSPS) is 12.9. The Morgan fingerprint density at radius 3 is 2.55 bits per heavy atom. The van der Waals surface area contributed by atoms with Crippen LogP contribution >= 0.6 is 23.2 Å². The smallest absolute Gasteiger partial charge is 0.138 e. The fraction of sp³-hybridized carbons (Fsp3) is 0.571. The minimum Gasteiger partial charge on any atom is -0.506 e. The molecule has 0 heterocycles. The number of ether oxygens (including phenoxy) is 2. The van der Waals surface area contributed by atoms with Gasteiger partial charge in [0, 0.05) is 43.9 Å². The number of hydrogen-bond acceptors (Lipinski definition) is 4. The van der Waals surface area contributed by atoms with E-state index in [2.05, 4.69) is 11.8 Å². The fourth-order valence-electron chi connectivity index (χ4n) is 1.97. The van der Waals surface area contributed by atoms with E-state index in [1.54, 1.807) is 20.3 Å². The van der Waals surface area contributed by atoms with Gasteiger partial charge >= 0.3 is 0 Å². The van der Waals surface area contributed by atoms with Gasteiger partial charge < -0.3 is 14.6 Å². The number of methoxy groups -OCH3 is 2. The summed E-state index contributed by atoms with van der Waals surface area (Å²) in [6.45, 7) is 4.51. The molecule has 1 N–H and O–H groups in total. The molecule has 0 aliphatic heterocycles. The molecule has 6 heteroatoms. The molecule has 0 radical (unpaired) electrons. The second-order valence-corrected chi connectivity index (χ2v) is 5.51. The van der Waals surface area contributed by atoms with E-state index < -0.39 is 0 Å². The Labute approximate surface area is 130 Å². The molecule has 1 rings (SSSR count). The molecule has 0 bridgehead atoms. The topological polar surface area (TPSA) is 41.9 Å². The third-order valence-electron chi connectivity index (χ3n) is 3.09. The number of aromatic hydroxyl groups is 1. The number of phenolic OH excluding ortho intramolecular Hbond substituents is 1.